The van der Waals surface area contributed by atoms with Crippen LogP contribution in [0.3, 0.4) is 0 Å². The number of pyridine rings is 1. The summed E-state index contributed by atoms with van der Waals surface area (Å²) in [5.74, 6) is -5.14. The van der Waals surface area contributed by atoms with E-state index in [1.54, 1.807) is 30.3 Å². The van der Waals surface area contributed by atoms with E-state index < -0.39 is 52.3 Å². The van der Waals surface area contributed by atoms with Gasteiger partial charge in [0.25, 0.3) is 5.56 Å². The first kappa shape index (κ1) is 26.4. The van der Waals surface area contributed by atoms with Gasteiger partial charge in [0, 0.05) is 18.2 Å². The van der Waals surface area contributed by atoms with Crippen molar-refractivity contribution in [2.75, 3.05) is 5.73 Å². The molecule has 0 aliphatic heterocycles. The Balaban J connectivity index is 1.62. The Hall–Kier alpha value is -4.70. The molecule has 1 heterocycles. The Bertz CT molecular complexity index is 1530. The number of hydrogen-bond acceptors (Lipinski definition) is 5. The van der Waals surface area contributed by atoms with Crippen molar-refractivity contribution in [1.82, 2.24) is 9.88 Å². The molecule has 0 bridgehead atoms. The summed E-state index contributed by atoms with van der Waals surface area (Å²) < 4.78 is 44.1. The molecule has 7 nitrogen and oxygen atoms in total. The number of carboxylic acid groups (broad SMARTS) is 1. The van der Waals surface area contributed by atoms with E-state index in [-0.39, 0.29) is 29.7 Å². The highest BCUT2D eigenvalue weighted by molar-refractivity contribution is 6.11. The van der Waals surface area contributed by atoms with E-state index in [2.05, 4.69) is 5.32 Å². The van der Waals surface area contributed by atoms with Gasteiger partial charge in [0.2, 0.25) is 0 Å². The van der Waals surface area contributed by atoms with Gasteiger partial charge >= 0.3 is 5.97 Å². The van der Waals surface area contributed by atoms with Gasteiger partial charge in [-0.05, 0) is 60.0 Å². The van der Waals surface area contributed by atoms with Gasteiger partial charge in [-0.3, -0.25) is 19.0 Å². The first-order chi connectivity index (χ1) is 18.2. The van der Waals surface area contributed by atoms with Crippen LogP contribution in [0.5, 0.6) is 0 Å². The molecule has 0 fully saturated rings. The van der Waals surface area contributed by atoms with E-state index >= 15 is 8.78 Å². The van der Waals surface area contributed by atoms with Crippen molar-refractivity contribution < 1.29 is 27.9 Å². The molecule has 10 heteroatoms. The molecule has 4 aromatic rings. The van der Waals surface area contributed by atoms with Crippen molar-refractivity contribution in [2.24, 2.45) is 0 Å². The molecule has 4 N–H and O–H groups in total. The minimum absolute atomic E-state index is 0.0640. The Morgan fingerprint density at radius 2 is 1.53 bits per heavy atom. The van der Waals surface area contributed by atoms with Crippen LogP contribution in [0.25, 0.3) is 5.69 Å². The summed E-state index contributed by atoms with van der Waals surface area (Å²) in [4.78, 5) is 37.1. The van der Waals surface area contributed by atoms with Crippen LogP contribution < -0.4 is 16.6 Å². The van der Waals surface area contributed by atoms with Crippen LogP contribution in [0.2, 0.25) is 0 Å². The molecule has 0 saturated carbocycles. The number of benzene rings is 3. The van der Waals surface area contributed by atoms with Crippen LogP contribution in [0.15, 0.2) is 83.7 Å². The predicted molar refractivity (Wildman–Crippen MR) is 135 cm³/mol. The molecule has 0 spiro atoms. The number of hydrogen-bond donors (Lipinski definition) is 3. The van der Waals surface area contributed by atoms with E-state index in [1.807, 2.05) is 0 Å². The number of rotatable bonds is 9. The number of ketones is 1. The fourth-order valence-corrected chi connectivity index (χ4v) is 4.00. The SMILES string of the molecule is Nc1c(C(=O)c2ccc(F)cc2)ccc(=O)n1-c1c(F)cc(CNC(Cc2ccccc2)C(=O)O)cc1F. The Morgan fingerprint density at radius 1 is 0.895 bits per heavy atom. The van der Waals surface area contributed by atoms with Crippen molar-refractivity contribution >= 4 is 17.6 Å². The lowest BCUT2D eigenvalue weighted by Crippen LogP contribution is -2.38. The lowest BCUT2D eigenvalue weighted by atomic mass is 10.0. The van der Waals surface area contributed by atoms with E-state index in [0.717, 1.165) is 42.0 Å². The number of aliphatic carboxylic acids is 1. The van der Waals surface area contributed by atoms with Crippen LogP contribution in [0.1, 0.15) is 27.0 Å². The molecule has 1 unspecified atom stereocenters. The number of carbonyl (C=O) groups excluding carboxylic acids is 1. The molecule has 0 radical (unpaired) electrons. The van der Waals surface area contributed by atoms with Gasteiger partial charge in [0.15, 0.2) is 17.4 Å². The Kier molecular flexibility index (Phi) is 7.73. The minimum Gasteiger partial charge on any atom is -0.480 e. The number of carboxylic acids is 1. The van der Waals surface area contributed by atoms with Crippen molar-refractivity contribution in [3.8, 4) is 5.69 Å². The summed E-state index contributed by atoms with van der Waals surface area (Å²) in [6, 6.07) is 16.4. The number of aromatic nitrogens is 1. The fourth-order valence-electron chi connectivity index (χ4n) is 4.00. The minimum atomic E-state index is -1.14. The number of nitrogens with two attached hydrogens (primary N) is 1. The fraction of sp³-hybridized carbons (Fsp3) is 0.107. The zero-order valence-corrected chi connectivity index (χ0v) is 19.8. The third-order valence-corrected chi connectivity index (χ3v) is 5.91. The van der Waals surface area contributed by atoms with Crippen LogP contribution in [0, 0.1) is 17.5 Å². The smallest absolute Gasteiger partial charge is 0.321 e. The number of nitrogens with zero attached hydrogens (tertiary/aromatic N) is 1. The lowest BCUT2D eigenvalue weighted by Gasteiger charge is -2.17. The first-order valence-corrected chi connectivity index (χ1v) is 11.5. The summed E-state index contributed by atoms with van der Waals surface area (Å²) in [6.45, 7) is -0.175. The van der Waals surface area contributed by atoms with Gasteiger partial charge in [0.05, 0.1) is 5.56 Å². The molecular formula is C28H22F3N3O4. The largest absolute Gasteiger partial charge is 0.480 e. The average Bonchev–Trinajstić information content (AvgIpc) is 2.88. The van der Waals surface area contributed by atoms with Crippen LogP contribution in [0.4, 0.5) is 19.0 Å². The maximum Gasteiger partial charge on any atom is 0.321 e. The number of halogens is 3. The van der Waals surface area contributed by atoms with Gasteiger partial charge in [-0.1, -0.05) is 30.3 Å². The summed E-state index contributed by atoms with van der Waals surface area (Å²) >= 11 is 0. The summed E-state index contributed by atoms with van der Waals surface area (Å²) in [5, 5.41) is 12.3. The normalized spacial score (nSPS) is 11.8. The third-order valence-electron chi connectivity index (χ3n) is 5.91. The highest BCUT2D eigenvalue weighted by Crippen LogP contribution is 2.24. The van der Waals surface area contributed by atoms with Crippen LogP contribution in [-0.4, -0.2) is 27.5 Å². The number of carbonyl (C=O) groups is 2. The van der Waals surface area contributed by atoms with Crippen molar-refractivity contribution in [3.05, 3.63) is 129 Å². The third kappa shape index (κ3) is 5.65. The number of anilines is 1. The Labute approximate surface area is 215 Å². The summed E-state index contributed by atoms with van der Waals surface area (Å²) in [6.07, 6.45) is 0.153. The molecule has 4 rings (SSSR count). The molecule has 3 aromatic carbocycles. The van der Waals surface area contributed by atoms with E-state index in [9.17, 15) is 23.9 Å². The summed E-state index contributed by atoms with van der Waals surface area (Å²) in [7, 11) is 0. The number of nitrogen functional groups attached to an aromatic ring is 1. The van der Waals surface area contributed by atoms with Gasteiger partial charge in [-0.25, -0.2) is 13.2 Å². The summed E-state index contributed by atoms with van der Waals surface area (Å²) in [5.41, 5.74) is 5.08. The molecule has 0 aliphatic rings. The van der Waals surface area contributed by atoms with Crippen molar-refractivity contribution in [3.63, 3.8) is 0 Å². The monoisotopic (exact) mass is 521 g/mol. The second kappa shape index (κ2) is 11.1. The highest BCUT2D eigenvalue weighted by Gasteiger charge is 2.23. The van der Waals surface area contributed by atoms with E-state index in [4.69, 9.17) is 5.73 Å². The van der Waals surface area contributed by atoms with Crippen molar-refractivity contribution in [2.45, 2.75) is 19.0 Å². The molecule has 0 saturated heterocycles. The highest BCUT2D eigenvalue weighted by atomic mass is 19.1. The van der Waals surface area contributed by atoms with Crippen LogP contribution >= 0.6 is 0 Å². The maximum atomic E-state index is 15.2. The molecule has 1 aromatic heterocycles. The second-order valence-corrected chi connectivity index (χ2v) is 8.51. The Morgan fingerprint density at radius 3 is 2.13 bits per heavy atom. The molecule has 1 atom stereocenters. The zero-order valence-electron chi connectivity index (χ0n) is 19.8. The second-order valence-electron chi connectivity index (χ2n) is 8.51. The van der Waals surface area contributed by atoms with Crippen LogP contribution in [-0.2, 0) is 17.8 Å². The topological polar surface area (TPSA) is 114 Å². The average molecular weight is 521 g/mol. The lowest BCUT2D eigenvalue weighted by molar-refractivity contribution is -0.139. The maximum absolute atomic E-state index is 15.2. The molecular weight excluding hydrogens is 499 g/mol. The van der Waals surface area contributed by atoms with Gasteiger partial charge in [-0.2, -0.15) is 0 Å². The molecule has 0 amide bonds. The number of nitrogens with one attached hydrogen (secondary N) is 1. The van der Waals surface area contributed by atoms with Gasteiger partial charge < -0.3 is 16.2 Å². The molecule has 0 aliphatic carbocycles. The first-order valence-electron chi connectivity index (χ1n) is 11.5. The van der Waals surface area contributed by atoms with Gasteiger partial charge in [-0.15, -0.1) is 0 Å². The standard InChI is InChI=1S/C28H22F3N3O4/c29-19-8-6-18(7-9-19)26(36)20-10-11-24(35)34(27(20)32)25-21(30)12-17(13-22(25)31)15-33-23(28(37)38)14-16-4-2-1-3-5-16/h1-13,23,33H,14-15,32H2,(H,37,38). The van der Waals surface area contributed by atoms with E-state index in [1.165, 1.54) is 12.1 Å². The molecule has 194 valence electrons. The van der Waals surface area contributed by atoms with E-state index in [0.29, 0.717) is 4.57 Å². The zero-order chi connectivity index (χ0) is 27.4. The van der Waals surface area contributed by atoms with Crippen molar-refractivity contribution in [1.29, 1.82) is 0 Å². The predicted octanol–water partition coefficient (Wildman–Crippen LogP) is 3.85. The quantitative estimate of drug-likeness (QED) is 0.288. The van der Waals surface area contributed by atoms with Gasteiger partial charge in [0.1, 0.15) is 23.4 Å². The molecule has 38 heavy (non-hydrogen) atoms.